The number of thiazole rings is 1. The highest BCUT2D eigenvalue weighted by Gasteiger charge is 2.24. The van der Waals surface area contributed by atoms with Crippen LogP contribution in [0, 0.1) is 6.92 Å². The van der Waals surface area contributed by atoms with Gasteiger partial charge in [-0.05, 0) is 18.4 Å². The second kappa shape index (κ2) is 3.70. The van der Waals surface area contributed by atoms with Gasteiger partial charge >= 0.3 is 0 Å². The minimum absolute atomic E-state index is 0.705. The van der Waals surface area contributed by atoms with Crippen LogP contribution >= 0.6 is 22.7 Å². The van der Waals surface area contributed by atoms with Gasteiger partial charge < -0.3 is 5.32 Å². The monoisotopic (exact) mass is 236 g/mol. The van der Waals surface area contributed by atoms with Gasteiger partial charge in [0.1, 0.15) is 5.01 Å². The summed E-state index contributed by atoms with van der Waals surface area (Å²) in [6.07, 6.45) is 0. The molecule has 0 atom stereocenters. The number of nitrogens with zero attached hydrogens (tertiary/aromatic N) is 1. The molecule has 3 heterocycles. The Bertz CT molecular complexity index is 455. The van der Waals surface area contributed by atoms with Crippen molar-refractivity contribution in [2.24, 2.45) is 0 Å². The van der Waals surface area contributed by atoms with E-state index in [9.17, 15) is 0 Å². The molecule has 0 unspecified atom stereocenters. The van der Waals surface area contributed by atoms with E-state index in [2.05, 4.69) is 34.7 Å². The van der Waals surface area contributed by atoms with E-state index in [0.717, 1.165) is 13.1 Å². The molecule has 15 heavy (non-hydrogen) atoms. The second-order valence-electron chi connectivity index (χ2n) is 3.80. The lowest BCUT2D eigenvalue weighted by Crippen LogP contribution is -2.39. The fourth-order valence-corrected chi connectivity index (χ4v) is 3.73. The fourth-order valence-electron chi connectivity index (χ4n) is 1.77. The van der Waals surface area contributed by atoms with Crippen LogP contribution < -0.4 is 5.32 Å². The lowest BCUT2D eigenvalue weighted by molar-refractivity contribution is 0.452. The van der Waals surface area contributed by atoms with Gasteiger partial charge in [-0.2, -0.15) is 0 Å². The summed E-state index contributed by atoms with van der Waals surface area (Å²) in [5, 5.41) is 6.60. The summed E-state index contributed by atoms with van der Waals surface area (Å²) in [5.41, 5.74) is 1.22. The number of nitrogens with one attached hydrogen (secondary N) is 1. The standard InChI is InChI=1S/C11H12N2S2/c1-7-10(8-5-12-6-8)15-11(13-7)9-3-2-4-14-9/h2-4,8,12H,5-6H2,1H3. The maximum Gasteiger partial charge on any atom is 0.133 e. The Balaban J connectivity index is 1.97. The summed E-state index contributed by atoms with van der Waals surface area (Å²) in [5.74, 6) is 0.705. The first-order valence-electron chi connectivity index (χ1n) is 5.06. The molecule has 0 amide bonds. The van der Waals surface area contributed by atoms with E-state index in [4.69, 9.17) is 0 Å². The molecule has 1 aliphatic heterocycles. The van der Waals surface area contributed by atoms with Crippen LogP contribution in [-0.4, -0.2) is 18.1 Å². The lowest BCUT2D eigenvalue weighted by atomic mass is 10.0. The summed E-state index contributed by atoms with van der Waals surface area (Å²) in [6, 6.07) is 4.23. The first-order chi connectivity index (χ1) is 7.34. The molecular formula is C11H12N2S2. The molecule has 2 aromatic heterocycles. The van der Waals surface area contributed by atoms with Gasteiger partial charge in [0.05, 0.1) is 10.6 Å². The zero-order valence-corrected chi connectivity index (χ0v) is 10.1. The van der Waals surface area contributed by atoms with E-state index in [1.807, 2.05) is 11.3 Å². The van der Waals surface area contributed by atoms with Crippen molar-refractivity contribution >= 4 is 22.7 Å². The Labute approximate surface area is 97.0 Å². The summed E-state index contributed by atoms with van der Waals surface area (Å²) in [7, 11) is 0. The Kier molecular flexibility index (Phi) is 2.35. The summed E-state index contributed by atoms with van der Waals surface area (Å²) < 4.78 is 0. The molecule has 1 saturated heterocycles. The number of thiophene rings is 1. The first kappa shape index (κ1) is 9.51. The van der Waals surface area contributed by atoms with Gasteiger partial charge in [-0.1, -0.05) is 6.07 Å². The average molecular weight is 236 g/mol. The predicted molar refractivity (Wildman–Crippen MR) is 65.8 cm³/mol. The Hall–Kier alpha value is -0.710. The van der Waals surface area contributed by atoms with Crippen LogP contribution in [0.25, 0.3) is 9.88 Å². The number of aromatic nitrogens is 1. The molecule has 0 radical (unpaired) electrons. The zero-order valence-electron chi connectivity index (χ0n) is 8.49. The molecule has 1 N–H and O–H groups in total. The second-order valence-corrected chi connectivity index (χ2v) is 5.78. The van der Waals surface area contributed by atoms with E-state index < -0.39 is 0 Å². The van der Waals surface area contributed by atoms with Crippen LogP contribution in [-0.2, 0) is 0 Å². The molecule has 1 fully saturated rings. The molecule has 3 rings (SSSR count). The van der Waals surface area contributed by atoms with Gasteiger partial charge in [0, 0.05) is 23.9 Å². The van der Waals surface area contributed by atoms with Gasteiger partial charge in [-0.25, -0.2) is 4.98 Å². The van der Waals surface area contributed by atoms with Crippen LogP contribution in [0.1, 0.15) is 16.5 Å². The van der Waals surface area contributed by atoms with Crippen molar-refractivity contribution in [2.45, 2.75) is 12.8 Å². The average Bonchev–Trinajstić information content (AvgIpc) is 2.72. The van der Waals surface area contributed by atoms with E-state index in [1.165, 1.54) is 20.5 Å². The van der Waals surface area contributed by atoms with Crippen molar-refractivity contribution in [3.63, 3.8) is 0 Å². The van der Waals surface area contributed by atoms with Crippen LogP contribution in [0.5, 0.6) is 0 Å². The molecule has 0 saturated carbocycles. The van der Waals surface area contributed by atoms with Gasteiger partial charge in [0.15, 0.2) is 0 Å². The predicted octanol–water partition coefficient (Wildman–Crippen LogP) is 2.87. The van der Waals surface area contributed by atoms with Gasteiger partial charge in [0.2, 0.25) is 0 Å². The number of hydrogen-bond acceptors (Lipinski definition) is 4. The largest absolute Gasteiger partial charge is 0.315 e. The number of rotatable bonds is 2. The van der Waals surface area contributed by atoms with E-state index in [-0.39, 0.29) is 0 Å². The molecule has 0 bridgehead atoms. The van der Waals surface area contributed by atoms with Gasteiger partial charge in [0.25, 0.3) is 0 Å². The highest BCUT2D eigenvalue weighted by Crippen LogP contribution is 2.35. The van der Waals surface area contributed by atoms with E-state index >= 15 is 0 Å². The first-order valence-corrected chi connectivity index (χ1v) is 6.76. The third kappa shape index (κ3) is 1.62. The molecule has 1 aliphatic rings. The number of aryl methyl sites for hydroxylation is 1. The minimum atomic E-state index is 0.705. The third-order valence-corrected chi connectivity index (χ3v) is 5.08. The molecule has 78 valence electrons. The van der Waals surface area contributed by atoms with Crippen LogP contribution in [0.2, 0.25) is 0 Å². The third-order valence-electron chi connectivity index (χ3n) is 2.72. The molecule has 4 heteroatoms. The molecular weight excluding hydrogens is 224 g/mol. The molecule has 0 spiro atoms. The van der Waals surface area contributed by atoms with Crippen molar-refractivity contribution in [3.05, 3.63) is 28.1 Å². The zero-order chi connectivity index (χ0) is 10.3. The maximum atomic E-state index is 4.66. The molecule has 2 aromatic rings. The summed E-state index contributed by atoms with van der Waals surface area (Å²) in [4.78, 5) is 7.42. The minimum Gasteiger partial charge on any atom is -0.315 e. The summed E-state index contributed by atoms with van der Waals surface area (Å²) in [6.45, 7) is 4.36. The van der Waals surface area contributed by atoms with E-state index in [1.54, 1.807) is 11.3 Å². The summed E-state index contributed by atoms with van der Waals surface area (Å²) >= 11 is 3.63. The Morgan fingerprint density at radius 2 is 2.33 bits per heavy atom. The van der Waals surface area contributed by atoms with Crippen molar-refractivity contribution in [2.75, 3.05) is 13.1 Å². The molecule has 0 aliphatic carbocycles. The normalized spacial score (nSPS) is 16.6. The van der Waals surface area contributed by atoms with Crippen LogP contribution in [0.4, 0.5) is 0 Å². The SMILES string of the molecule is Cc1nc(-c2cccs2)sc1C1CNC1. The van der Waals surface area contributed by atoms with Gasteiger partial charge in [-0.15, -0.1) is 22.7 Å². The lowest BCUT2D eigenvalue weighted by Gasteiger charge is -2.26. The fraction of sp³-hybridized carbons (Fsp3) is 0.364. The van der Waals surface area contributed by atoms with Crippen LogP contribution in [0.15, 0.2) is 17.5 Å². The molecule has 2 nitrogen and oxygen atoms in total. The maximum absolute atomic E-state index is 4.66. The quantitative estimate of drug-likeness (QED) is 0.867. The van der Waals surface area contributed by atoms with Crippen molar-refractivity contribution in [1.29, 1.82) is 0 Å². The van der Waals surface area contributed by atoms with Crippen molar-refractivity contribution in [1.82, 2.24) is 10.3 Å². The smallest absolute Gasteiger partial charge is 0.133 e. The highest BCUT2D eigenvalue weighted by molar-refractivity contribution is 7.21. The van der Waals surface area contributed by atoms with Gasteiger partial charge in [-0.3, -0.25) is 0 Å². The Morgan fingerprint density at radius 1 is 1.47 bits per heavy atom. The van der Waals surface area contributed by atoms with Crippen molar-refractivity contribution < 1.29 is 0 Å². The highest BCUT2D eigenvalue weighted by atomic mass is 32.1. The molecule has 0 aromatic carbocycles. The van der Waals surface area contributed by atoms with E-state index in [0.29, 0.717) is 5.92 Å². The Morgan fingerprint density at radius 3 is 2.93 bits per heavy atom. The topological polar surface area (TPSA) is 24.9 Å². The van der Waals surface area contributed by atoms with Crippen LogP contribution in [0.3, 0.4) is 0 Å². The van der Waals surface area contributed by atoms with Crippen molar-refractivity contribution in [3.8, 4) is 9.88 Å². The number of hydrogen-bond donors (Lipinski definition) is 1.